The number of aliphatic hydroxyl groups excluding tert-OH is 1. The Morgan fingerprint density at radius 1 is 1.50 bits per heavy atom. The number of rotatable bonds is 6. The Kier molecular flexibility index (Phi) is 5.68. The molecule has 1 unspecified atom stereocenters. The van der Waals surface area contributed by atoms with Crippen LogP contribution in [0, 0.1) is 17.7 Å². The van der Waals surface area contributed by atoms with Gasteiger partial charge >= 0.3 is 5.97 Å². The number of carboxylic acids is 1. The van der Waals surface area contributed by atoms with Gasteiger partial charge in [-0.05, 0) is 49.9 Å². The molecule has 0 amide bonds. The number of piperidine rings is 1. The summed E-state index contributed by atoms with van der Waals surface area (Å²) in [5.41, 5.74) is 0.765. The zero-order chi connectivity index (χ0) is 18.7. The van der Waals surface area contributed by atoms with Crippen LogP contribution in [0.3, 0.4) is 0 Å². The highest BCUT2D eigenvalue weighted by atomic mass is 19.1. The summed E-state index contributed by atoms with van der Waals surface area (Å²) in [6.07, 6.45) is 1.63. The van der Waals surface area contributed by atoms with E-state index in [2.05, 4.69) is 10.3 Å². The van der Waals surface area contributed by atoms with Crippen molar-refractivity contribution in [1.29, 1.82) is 0 Å². The molecule has 2 aromatic rings. The van der Waals surface area contributed by atoms with Crippen molar-refractivity contribution in [2.75, 3.05) is 20.2 Å². The highest BCUT2D eigenvalue weighted by Gasteiger charge is 2.31. The Bertz CT molecular complexity index is 798. The standard InChI is InChI=1S/C19H23FN2O4/c1-26-12-3-4-16-13(8-12)18(15(20)10-22-16)17(23)5-2-11-6-7-21-9-14(11)19(24)25/h3-4,8,10-11,14,17,21,23H,2,5-7,9H2,1H3,(H,24,25)/t11?,14-,17-/m1/s1. The van der Waals surface area contributed by atoms with Crippen molar-refractivity contribution in [3.8, 4) is 5.75 Å². The molecule has 6 nitrogen and oxygen atoms in total. The summed E-state index contributed by atoms with van der Waals surface area (Å²) in [6, 6.07) is 5.11. The number of fused-ring (bicyclic) bond motifs is 1. The van der Waals surface area contributed by atoms with Crippen LogP contribution < -0.4 is 10.1 Å². The van der Waals surface area contributed by atoms with Crippen LogP contribution in [0.5, 0.6) is 5.75 Å². The number of hydrogen-bond donors (Lipinski definition) is 3. The van der Waals surface area contributed by atoms with E-state index in [9.17, 15) is 19.4 Å². The molecule has 0 bridgehead atoms. The van der Waals surface area contributed by atoms with Gasteiger partial charge in [-0.3, -0.25) is 9.78 Å². The molecule has 2 heterocycles. The molecule has 3 rings (SSSR count). The van der Waals surface area contributed by atoms with Gasteiger partial charge in [0.1, 0.15) is 11.6 Å². The summed E-state index contributed by atoms with van der Waals surface area (Å²) in [5, 5.41) is 23.6. The average molecular weight is 362 g/mol. The number of aliphatic hydroxyl groups is 1. The van der Waals surface area contributed by atoms with Crippen LogP contribution in [0.25, 0.3) is 10.9 Å². The van der Waals surface area contributed by atoms with Crippen LogP contribution in [-0.2, 0) is 4.79 Å². The van der Waals surface area contributed by atoms with E-state index in [1.807, 2.05) is 0 Å². The molecule has 1 fully saturated rings. The number of benzene rings is 1. The van der Waals surface area contributed by atoms with E-state index in [0.717, 1.165) is 19.2 Å². The van der Waals surface area contributed by atoms with E-state index in [1.165, 1.54) is 7.11 Å². The molecule has 0 radical (unpaired) electrons. The summed E-state index contributed by atoms with van der Waals surface area (Å²) >= 11 is 0. The molecule has 1 aliphatic rings. The predicted molar refractivity (Wildman–Crippen MR) is 94.5 cm³/mol. The van der Waals surface area contributed by atoms with Crippen LogP contribution in [0.4, 0.5) is 4.39 Å². The lowest BCUT2D eigenvalue weighted by atomic mass is 9.82. The number of carbonyl (C=O) groups is 1. The van der Waals surface area contributed by atoms with E-state index < -0.39 is 23.8 Å². The molecule has 3 N–H and O–H groups in total. The van der Waals surface area contributed by atoms with Gasteiger partial charge in [-0.25, -0.2) is 4.39 Å². The SMILES string of the molecule is COc1ccc2ncc(F)c([C@H](O)CCC3CCNC[C@H]3C(=O)O)c2c1. The Morgan fingerprint density at radius 2 is 2.31 bits per heavy atom. The zero-order valence-electron chi connectivity index (χ0n) is 14.6. The smallest absolute Gasteiger partial charge is 0.308 e. The van der Waals surface area contributed by atoms with Gasteiger partial charge in [-0.15, -0.1) is 0 Å². The lowest BCUT2D eigenvalue weighted by molar-refractivity contribution is -0.144. The van der Waals surface area contributed by atoms with Gasteiger partial charge in [0, 0.05) is 17.5 Å². The van der Waals surface area contributed by atoms with Crippen LogP contribution >= 0.6 is 0 Å². The minimum Gasteiger partial charge on any atom is -0.497 e. The summed E-state index contributed by atoms with van der Waals surface area (Å²) < 4.78 is 19.6. The highest BCUT2D eigenvalue weighted by Crippen LogP contribution is 2.33. The van der Waals surface area contributed by atoms with Crippen molar-refractivity contribution in [3.05, 3.63) is 35.8 Å². The third-order valence-corrected chi connectivity index (χ3v) is 5.15. The average Bonchev–Trinajstić information content (AvgIpc) is 2.65. The summed E-state index contributed by atoms with van der Waals surface area (Å²) in [5.74, 6) is -1.35. The molecular formula is C19H23FN2O4. The number of pyridine rings is 1. The van der Waals surface area contributed by atoms with E-state index >= 15 is 0 Å². The Balaban J connectivity index is 1.82. The second kappa shape index (κ2) is 7.97. The fourth-order valence-corrected chi connectivity index (χ4v) is 3.70. The quantitative estimate of drug-likeness (QED) is 0.731. The Labute approximate surface area is 151 Å². The summed E-state index contributed by atoms with van der Waals surface area (Å²) in [4.78, 5) is 15.5. The lowest BCUT2D eigenvalue weighted by Gasteiger charge is -2.30. The van der Waals surface area contributed by atoms with Gasteiger partial charge in [-0.1, -0.05) is 0 Å². The van der Waals surface area contributed by atoms with Gasteiger partial charge in [-0.2, -0.15) is 0 Å². The first-order chi connectivity index (χ1) is 12.5. The van der Waals surface area contributed by atoms with Crippen molar-refractivity contribution >= 4 is 16.9 Å². The molecule has 140 valence electrons. The third-order valence-electron chi connectivity index (χ3n) is 5.15. The molecule has 0 saturated carbocycles. The fraction of sp³-hybridized carbons (Fsp3) is 0.474. The number of carboxylic acid groups (broad SMARTS) is 1. The first kappa shape index (κ1) is 18.5. The first-order valence-corrected chi connectivity index (χ1v) is 8.75. The van der Waals surface area contributed by atoms with Gasteiger partial charge < -0.3 is 20.3 Å². The van der Waals surface area contributed by atoms with Crippen molar-refractivity contribution in [3.63, 3.8) is 0 Å². The maximum Gasteiger partial charge on any atom is 0.308 e. The third kappa shape index (κ3) is 3.78. The number of hydrogen-bond acceptors (Lipinski definition) is 5. The normalized spacial score (nSPS) is 21.5. The number of aromatic nitrogens is 1. The minimum absolute atomic E-state index is 0.0332. The largest absolute Gasteiger partial charge is 0.497 e. The summed E-state index contributed by atoms with van der Waals surface area (Å²) in [7, 11) is 1.52. The fourth-order valence-electron chi connectivity index (χ4n) is 3.70. The second-order valence-electron chi connectivity index (χ2n) is 6.69. The Morgan fingerprint density at radius 3 is 3.04 bits per heavy atom. The number of nitrogens with one attached hydrogen (secondary N) is 1. The lowest BCUT2D eigenvalue weighted by Crippen LogP contribution is -2.40. The van der Waals surface area contributed by atoms with E-state index in [1.54, 1.807) is 18.2 Å². The zero-order valence-corrected chi connectivity index (χ0v) is 14.6. The molecule has 7 heteroatoms. The maximum absolute atomic E-state index is 14.4. The topological polar surface area (TPSA) is 91.7 Å². The second-order valence-corrected chi connectivity index (χ2v) is 6.69. The summed E-state index contributed by atoms with van der Waals surface area (Å²) in [6.45, 7) is 1.19. The molecular weight excluding hydrogens is 339 g/mol. The van der Waals surface area contributed by atoms with Gasteiger partial charge in [0.2, 0.25) is 0 Å². The molecule has 3 atom stereocenters. The predicted octanol–water partition coefficient (Wildman–Crippen LogP) is 2.51. The Hall–Kier alpha value is -2.25. The van der Waals surface area contributed by atoms with Gasteiger partial charge in [0.05, 0.1) is 30.8 Å². The molecule has 1 aliphatic heterocycles. The first-order valence-electron chi connectivity index (χ1n) is 8.75. The number of ether oxygens (including phenoxy) is 1. The molecule has 1 aromatic carbocycles. The maximum atomic E-state index is 14.4. The van der Waals surface area contributed by atoms with Crippen molar-refractivity contribution in [2.24, 2.45) is 11.8 Å². The van der Waals surface area contributed by atoms with Crippen molar-refractivity contribution in [2.45, 2.75) is 25.4 Å². The minimum atomic E-state index is -1.03. The number of aliphatic carboxylic acids is 1. The van der Waals surface area contributed by atoms with Crippen molar-refractivity contribution < 1.29 is 24.1 Å². The highest BCUT2D eigenvalue weighted by molar-refractivity contribution is 5.84. The van der Waals surface area contributed by atoms with E-state index in [0.29, 0.717) is 36.0 Å². The number of halogens is 1. The molecule has 0 spiro atoms. The van der Waals surface area contributed by atoms with Crippen LogP contribution in [-0.4, -0.2) is 41.4 Å². The van der Waals surface area contributed by atoms with E-state index in [-0.39, 0.29) is 11.5 Å². The van der Waals surface area contributed by atoms with Crippen LogP contribution in [0.2, 0.25) is 0 Å². The van der Waals surface area contributed by atoms with Gasteiger partial charge in [0.25, 0.3) is 0 Å². The monoisotopic (exact) mass is 362 g/mol. The number of nitrogens with zero attached hydrogens (tertiary/aromatic N) is 1. The van der Waals surface area contributed by atoms with Gasteiger partial charge in [0.15, 0.2) is 0 Å². The molecule has 26 heavy (non-hydrogen) atoms. The molecule has 1 aromatic heterocycles. The van der Waals surface area contributed by atoms with Crippen molar-refractivity contribution in [1.82, 2.24) is 10.3 Å². The molecule has 1 saturated heterocycles. The van der Waals surface area contributed by atoms with E-state index in [4.69, 9.17) is 4.74 Å². The number of methoxy groups -OCH3 is 1. The van der Waals surface area contributed by atoms with Crippen LogP contribution in [0.15, 0.2) is 24.4 Å². The van der Waals surface area contributed by atoms with Crippen LogP contribution in [0.1, 0.15) is 30.9 Å². The molecule has 0 aliphatic carbocycles.